The number of ketones is 1. The number of Topliss-reactive ketones (excluding diaryl/α,β-unsaturated/α-hetero) is 1. The van der Waals surface area contributed by atoms with Crippen molar-refractivity contribution in [2.75, 3.05) is 13.7 Å². The van der Waals surface area contributed by atoms with Crippen LogP contribution in [-0.2, 0) is 9.47 Å². The zero-order valence-corrected chi connectivity index (χ0v) is 15.2. The highest BCUT2D eigenvalue weighted by molar-refractivity contribution is 6.43. The Morgan fingerprint density at radius 2 is 1.80 bits per heavy atom. The van der Waals surface area contributed by atoms with Gasteiger partial charge in [0.15, 0.2) is 6.61 Å². The van der Waals surface area contributed by atoms with E-state index in [-0.39, 0.29) is 26.9 Å². The van der Waals surface area contributed by atoms with Gasteiger partial charge in [0.25, 0.3) is 0 Å². The summed E-state index contributed by atoms with van der Waals surface area (Å²) >= 11 is 11.8. The second kappa shape index (κ2) is 7.72. The number of aryl methyl sites for hydroxylation is 1. The van der Waals surface area contributed by atoms with Crippen LogP contribution < -0.4 is 0 Å². The van der Waals surface area contributed by atoms with E-state index in [2.05, 4.69) is 9.72 Å². The molecule has 1 aromatic carbocycles. The molecule has 0 fully saturated rings. The van der Waals surface area contributed by atoms with Crippen molar-refractivity contribution >= 4 is 40.9 Å². The van der Waals surface area contributed by atoms with Gasteiger partial charge in [-0.15, -0.1) is 0 Å². The first-order chi connectivity index (χ1) is 11.8. The number of esters is 2. The van der Waals surface area contributed by atoms with Crippen LogP contribution in [0.5, 0.6) is 0 Å². The quantitative estimate of drug-likeness (QED) is 0.627. The summed E-state index contributed by atoms with van der Waals surface area (Å²) in [5.41, 5.74) is 1.47. The summed E-state index contributed by atoms with van der Waals surface area (Å²) in [5, 5.41) is 0.266. The maximum Gasteiger partial charge on any atom is 0.340 e. The Kier molecular flexibility index (Phi) is 5.87. The molecule has 2 rings (SSSR count). The topological polar surface area (TPSA) is 85.5 Å². The zero-order chi connectivity index (χ0) is 18.7. The number of hydrogen-bond acceptors (Lipinski definition) is 5. The van der Waals surface area contributed by atoms with Gasteiger partial charge >= 0.3 is 11.9 Å². The number of aromatic amines is 1. The number of benzene rings is 1. The average molecular weight is 384 g/mol. The van der Waals surface area contributed by atoms with Crippen molar-refractivity contribution in [2.24, 2.45) is 0 Å². The van der Waals surface area contributed by atoms with E-state index in [0.717, 1.165) is 0 Å². The van der Waals surface area contributed by atoms with Crippen LogP contribution in [0.4, 0.5) is 0 Å². The smallest absolute Gasteiger partial charge is 0.340 e. The number of hydrogen-bond donors (Lipinski definition) is 1. The third kappa shape index (κ3) is 3.86. The van der Waals surface area contributed by atoms with Crippen LogP contribution in [0, 0.1) is 13.8 Å². The molecule has 132 valence electrons. The van der Waals surface area contributed by atoms with Gasteiger partial charge in [-0.25, -0.2) is 9.59 Å². The van der Waals surface area contributed by atoms with Crippen LogP contribution in [-0.4, -0.2) is 36.4 Å². The van der Waals surface area contributed by atoms with Gasteiger partial charge in [0.1, 0.15) is 0 Å². The van der Waals surface area contributed by atoms with Gasteiger partial charge in [-0.1, -0.05) is 29.3 Å². The number of rotatable bonds is 5. The van der Waals surface area contributed by atoms with Gasteiger partial charge in [-0.3, -0.25) is 4.79 Å². The van der Waals surface area contributed by atoms with Crippen LogP contribution in [0.1, 0.15) is 42.5 Å². The van der Waals surface area contributed by atoms with Gasteiger partial charge in [0.2, 0.25) is 5.78 Å². The van der Waals surface area contributed by atoms with Gasteiger partial charge in [-0.05, 0) is 31.5 Å². The summed E-state index contributed by atoms with van der Waals surface area (Å²) in [4.78, 5) is 38.9. The molecule has 0 aliphatic heterocycles. The normalized spacial score (nSPS) is 10.4. The molecule has 0 spiro atoms. The van der Waals surface area contributed by atoms with E-state index in [1.807, 2.05) is 0 Å². The molecule has 0 aliphatic carbocycles. The molecule has 0 bridgehead atoms. The third-order valence-electron chi connectivity index (χ3n) is 3.61. The Morgan fingerprint density at radius 1 is 1.12 bits per heavy atom. The lowest BCUT2D eigenvalue weighted by molar-refractivity contribution is 0.0473. The first-order valence-electron chi connectivity index (χ1n) is 7.19. The predicted molar refractivity (Wildman–Crippen MR) is 92.7 cm³/mol. The molecule has 0 atom stereocenters. The zero-order valence-electron chi connectivity index (χ0n) is 13.7. The fourth-order valence-electron chi connectivity index (χ4n) is 2.38. The summed E-state index contributed by atoms with van der Waals surface area (Å²) in [6.45, 7) is 2.75. The monoisotopic (exact) mass is 383 g/mol. The number of carbonyl (C=O) groups is 3. The van der Waals surface area contributed by atoms with Crippen LogP contribution >= 0.6 is 23.2 Å². The molecular formula is C17H15Cl2NO5. The molecule has 0 unspecified atom stereocenters. The Hall–Kier alpha value is -2.31. The Balaban J connectivity index is 2.14. The van der Waals surface area contributed by atoms with Crippen LogP contribution in [0.3, 0.4) is 0 Å². The maximum absolute atomic E-state index is 12.3. The lowest BCUT2D eigenvalue weighted by Crippen LogP contribution is -2.16. The number of ether oxygens (including phenoxy) is 2. The molecule has 1 N–H and O–H groups in total. The summed E-state index contributed by atoms with van der Waals surface area (Å²) in [6.07, 6.45) is 0. The van der Waals surface area contributed by atoms with Crippen molar-refractivity contribution < 1.29 is 23.9 Å². The van der Waals surface area contributed by atoms with Crippen molar-refractivity contribution in [1.82, 2.24) is 4.98 Å². The molecule has 25 heavy (non-hydrogen) atoms. The molecule has 1 aromatic heterocycles. The highest BCUT2D eigenvalue weighted by Crippen LogP contribution is 2.26. The molecule has 0 radical (unpaired) electrons. The van der Waals surface area contributed by atoms with Crippen LogP contribution in [0.15, 0.2) is 18.2 Å². The molecular weight excluding hydrogens is 369 g/mol. The van der Waals surface area contributed by atoms with Crippen molar-refractivity contribution in [3.8, 4) is 0 Å². The highest BCUT2D eigenvalue weighted by atomic mass is 35.5. The Bertz CT molecular complexity index is 857. The lowest BCUT2D eigenvalue weighted by atomic mass is 10.1. The second-order valence-corrected chi connectivity index (χ2v) is 6.00. The molecule has 1 heterocycles. The molecule has 0 saturated heterocycles. The van der Waals surface area contributed by atoms with Crippen LogP contribution in [0.25, 0.3) is 0 Å². The molecule has 0 amide bonds. The summed E-state index contributed by atoms with van der Waals surface area (Å²) in [5.74, 6) is -1.80. The largest absolute Gasteiger partial charge is 0.465 e. The SMILES string of the molecule is COC(=O)c1c(C)[nH]c(C(=O)COC(=O)c2cccc(Cl)c2Cl)c1C. The lowest BCUT2D eigenvalue weighted by Gasteiger charge is -2.06. The van der Waals surface area contributed by atoms with Crippen molar-refractivity contribution in [3.05, 3.63) is 56.3 Å². The van der Waals surface area contributed by atoms with Crippen LogP contribution in [0.2, 0.25) is 10.0 Å². The third-order valence-corrected chi connectivity index (χ3v) is 4.43. The average Bonchev–Trinajstić information content (AvgIpc) is 2.88. The van der Waals surface area contributed by atoms with Crippen molar-refractivity contribution in [2.45, 2.75) is 13.8 Å². The number of aromatic nitrogens is 1. The fourth-order valence-corrected chi connectivity index (χ4v) is 2.76. The summed E-state index contributed by atoms with van der Waals surface area (Å²) in [7, 11) is 1.26. The molecule has 2 aromatic rings. The molecule has 8 heteroatoms. The minimum atomic E-state index is -0.769. The predicted octanol–water partition coefficient (Wildman–Crippen LogP) is 3.76. The number of halogens is 2. The van der Waals surface area contributed by atoms with E-state index >= 15 is 0 Å². The van der Waals surface area contributed by atoms with Crippen molar-refractivity contribution in [1.29, 1.82) is 0 Å². The minimum absolute atomic E-state index is 0.0569. The second-order valence-electron chi connectivity index (χ2n) is 5.22. The molecule has 0 aliphatic rings. The summed E-state index contributed by atoms with van der Waals surface area (Å²) in [6, 6.07) is 4.53. The van der Waals surface area contributed by atoms with E-state index in [4.69, 9.17) is 27.9 Å². The van der Waals surface area contributed by atoms with E-state index in [9.17, 15) is 14.4 Å². The van der Waals surface area contributed by atoms with Gasteiger partial charge in [0.05, 0.1) is 34.0 Å². The molecule has 6 nitrogen and oxygen atoms in total. The van der Waals surface area contributed by atoms with Gasteiger partial charge in [-0.2, -0.15) is 0 Å². The van der Waals surface area contributed by atoms with E-state index in [0.29, 0.717) is 11.3 Å². The van der Waals surface area contributed by atoms with E-state index < -0.39 is 24.3 Å². The highest BCUT2D eigenvalue weighted by Gasteiger charge is 2.23. The first-order valence-corrected chi connectivity index (χ1v) is 7.95. The minimum Gasteiger partial charge on any atom is -0.465 e. The van der Waals surface area contributed by atoms with Crippen molar-refractivity contribution in [3.63, 3.8) is 0 Å². The maximum atomic E-state index is 12.3. The summed E-state index contributed by atoms with van der Waals surface area (Å²) < 4.78 is 9.69. The number of methoxy groups -OCH3 is 1. The number of nitrogens with one attached hydrogen (secondary N) is 1. The Morgan fingerprint density at radius 3 is 2.44 bits per heavy atom. The van der Waals surface area contributed by atoms with E-state index in [1.165, 1.54) is 19.2 Å². The number of carbonyl (C=O) groups excluding carboxylic acids is 3. The van der Waals surface area contributed by atoms with Gasteiger partial charge < -0.3 is 14.5 Å². The molecule has 0 saturated carbocycles. The standard InChI is InChI=1S/C17H15Cl2NO5/c1-8-13(17(23)24-3)9(2)20-15(8)12(21)7-25-16(22)10-5-4-6-11(18)14(10)19/h4-6,20H,7H2,1-3H3. The first kappa shape index (κ1) is 19.0. The van der Waals surface area contributed by atoms with Gasteiger partial charge in [0, 0.05) is 5.69 Å². The fraction of sp³-hybridized carbons (Fsp3) is 0.235. The number of H-pyrrole nitrogens is 1. The Labute approximate surface area is 154 Å². The van der Waals surface area contributed by atoms with E-state index in [1.54, 1.807) is 19.9 Å².